The second kappa shape index (κ2) is 5.19. The lowest BCUT2D eigenvalue weighted by molar-refractivity contribution is -0.125. The summed E-state index contributed by atoms with van der Waals surface area (Å²) in [6.07, 6.45) is 0. The van der Waals surface area contributed by atoms with Crippen molar-refractivity contribution in [2.24, 2.45) is 5.73 Å². The number of carbonyl (C=O) groups is 1. The molecule has 1 aromatic rings. The van der Waals surface area contributed by atoms with Crippen molar-refractivity contribution in [1.82, 2.24) is 5.48 Å². The van der Waals surface area contributed by atoms with Crippen LogP contribution in [0.25, 0.3) is 0 Å². The first-order valence-corrected chi connectivity index (χ1v) is 4.38. The van der Waals surface area contributed by atoms with E-state index in [0.717, 1.165) is 0 Å². The SMILES string of the molecule is NC(=O)CONCc1ccc(O)c(O)c1O. The largest absolute Gasteiger partial charge is 0.504 e. The van der Waals surface area contributed by atoms with Crippen LogP contribution < -0.4 is 11.2 Å². The highest BCUT2D eigenvalue weighted by Crippen LogP contribution is 2.36. The van der Waals surface area contributed by atoms with Gasteiger partial charge in [0.2, 0.25) is 11.7 Å². The Morgan fingerprint density at radius 1 is 1.31 bits per heavy atom. The van der Waals surface area contributed by atoms with Crippen LogP contribution in [-0.4, -0.2) is 27.8 Å². The molecular weight excluding hydrogens is 216 g/mol. The number of phenols is 3. The molecule has 6 N–H and O–H groups in total. The van der Waals surface area contributed by atoms with E-state index in [1.54, 1.807) is 0 Å². The Labute approximate surface area is 91.0 Å². The van der Waals surface area contributed by atoms with E-state index in [1.165, 1.54) is 12.1 Å². The number of primary amides is 1. The van der Waals surface area contributed by atoms with Crippen LogP contribution in [0.3, 0.4) is 0 Å². The summed E-state index contributed by atoms with van der Waals surface area (Å²) >= 11 is 0. The van der Waals surface area contributed by atoms with Gasteiger partial charge >= 0.3 is 0 Å². The van der Waals surface area contributed by atoms with Crippen molar-refractivity contribution in [2.75, 3.05) is 6.61 Å². The number of carbonyl (C=O) groups excluding carboxylic acids is 1. The minimum Gasteiger partial charge on any atom is -0.504 e. The second-order valence-electron chi connectivity index (χ2n) is 3.02. The molecule has 0 saturated heterocycles. The molecule has 0 aliphatic rings. The zero-order valence-electron chi connectivity index (χ0n) is 8.30. The first kappa shape index (κ1) is 12.1. The van der Waals surface area contributed by atoms with Gasteiger partial charge in [0.1, 0.15) is 6.61 Å². The van der Waals surface area contributed by atoms with Crippen LogP contribution in [0.5, 0.6) is 17.2 Å². The van der Waals surface area contributed by atoms with Gasteiger partial charge in [0, 0.05) is 12.1 Å². The van der Waals surface area contributed by atoms with E-state index in [-0.39, 0.29) is 13.2 Å². The average Bonchev–Trinajstić information content (AvgIpc) is 2.23. The molecule has 0 aliphatic heterocycles. The fourth-order valence-corrected chi connectivity index (χ4v) is 1.00. The molecule has 7 nitrogen and oxygen atoms in total. The van der Waals surface area contributed by atoms with E-state index < -0.39 is 23.2 Å². The molecule has 0 fully saturated rings. The fourth-order valence-electron chi connectivity index (χ4n) is 1.00. The molecule has 0 aromatic heterocycles. The molecule has 0 radical (unpaired) electrons. The van der Waals surface area contributed by atoms with Crippen LogP contribution in [-0.2, 0) is 16.2 Å². The van der Waals surface area contributed by atoms with Gasteiger partial charge in [-0.15, -0.1) is 0 Å². The first-order valence-electron chi connectivity index (χ1n) is 4.38. The van der Waals surface area contributed by atoms with Crippen molar-refractivity contribution in [3.8, 4) is 17.2 Å². The first-order chi connectivity index (χ1) is 7.52. The number of benzene rings is 1. The Morgan fingerprint density at radius 3 is 2.62 bits per heavy atom. The monoisotopic (exact) mass is 228 g/mol. The summed E-state index contributed by atoms with van der Waals surface area (Å²) in [5.41, 5.74) is 7.49. The lowest BCUT2D eigenvalue weighted by Gasteiger charge is -2.08. The standard InChI is InChI=1S/C9H12N2O5/c10-7(13)4-16-11-3-5-1-2-6(12)9(15)8(5)14/h1-2,11-12,14-15H,3-4H2,(H2,10,13). The maximum absolute atomic E-state index is 10.3. The van der Waals surface area contributed by atoms with Crippen molar-refractivity contribution in [2.45, 2.75) is 6.54 Å². The minimum atomic E-state index is -0.634. The predicted molar refractivity (Wildman–Crippen MR) is 53.4 cm³/mol. The smallest absolute Gasteiger partial charge is 0.245 e. The molecule has 88 valence electrons. The summed E-state index contributed by atoms with van der Waals surface area (Å²) in [5.74, 6) is -2.10. The maximum atomic E-state index is 10.3. The highest BCUT2D eigenvalue weighted by atomic mass is 16.6. The van der Waals surface area contributed by atoms with E-state index >= 15 is 0 Å². The summed E-state index contributed by atoms with van der Waals surface area (Å²) in [5, 5.41) is 27.6. The maximum Gasteiger partial charge on any atom is 0.245 e. The summed E-state index contributed by atoms with van der Waals surface area (Å²) in [6.45, 7) is -0.252. The van der Waals surface area contributed by atoms with Crippen LogP contribution in [0.4, 0.5) is 0 Å². The molecule has 0 unspecified atom stereocenters. The molecule has 16 heavy (non-hydrogen) atoms. The van der Waals surface area contributed by atoms with Crippen molar-refractivity contribution in [3.05, 3.63) is 17.7 Å². The zero-order valence-corrected chi connectivity index (χ0v) is 8.30. The highest BCUT2D eigenvalue weighted by Gasteiger charge is 2.10. The van der Waals surface area contributed by atoms with Crippen LogP contribution >= 0.6 is 0 Å². The van der Waals surface area contributed by atoms with Gasteiger partial charge in [-0.05, 0) is 12.1 Å². The number of hydrogen-bond donors (Lipinski definition) is 5. The summed E-state index contributed by atoms with van der Waals surface area (Å²) in [7, 11) is 0. The number of aromatic hydroxyl groups is 3. The fraction of sp³-hybridized carbons (Fsp3) is 0.222. The lowest BCUT2D eigenvalue weighted by atomic mass is 10.2. The zero-order chi connectivity index (χ0) is 12.1. The molecule has 0 bridgehead atoms. The third-order valence-electron chi connectivity index (χ3n) is 1.79. The van der Waals surface area contributed by atoms with Crippen LogP contribution in [0, 0.1) is 0 Å². The molecule has 0 heterocycles. The number of phenolic OH excluding ortho intramolecular Hbond substituents is 3. The molecule has 7 heteroatoms. The van der Waals surface area contributed by atoms with Crippen molar-refractivity contribution in [1.29, 1.82) is 0 Å². The Balaban J connectivity index is 2.55. The normalized spacial score (nSPS) is 10.2. The van der Waals surface area contributed by atoms with Gasteiger partial charge in [0.15, 0.2) is 11.5 Å². The van der Waals surface area contributed by atoms with E-state index in [1.807, 2.05) is 0 Å². The van der Waals surface area contributed by atoms with Crippen LogP contribution in [0.15, 0.2) is 12.1 Å². The third kappa shape index (κ3) is 3.01. The topological polar surface area (TPSA) is 125 Å². The van der Waals surface area contributed by atoms with E-state index in [2.05, 4.69) is 10.3 Å². The Kier molecular flexibility index (Phi) is 3.92. The van der Waals surface area contributed by atoms with Gasteiger partial charge in [0.25, 0.3) is 0 Å². The Bertz CT molecular complexity index is 394. The van der Waals surface area contributed by atoms with Crippen molar-refractivity contribution >= 4 is 5.91 Å². The molecule has 0 atom stereocenters. The van der Waals surface area contributed by atoms with Gasteiger partial charge in [-0.1, -0.05) is 0 Å². The Morgan fingerprint density at radius 2 is 2.00 bits per heavy atom. The Hall–Kier alpha value is -1.99. The number of nitrogens with two attached hydrogens (primary N) is 1. The molecular formula is C9H12N2O5. The van der Waals surface area contributed by atoms with Crippen LogP contribution in [0.2, 0.25) is 0 Å². The molecule has 0 spiro atoms. The van der Waals surface area contributed by atoms with E-state index in [9.17, 15) is 15.0 Å². The van der Waals surface area contributed by atoms with Crippen molar-refractivity contribution < 1.29 is 25.0 Å². The molecule has 0 saturated carbocycles. The lowest BCUT2D eigenvalue weighted by Crippen LogP contribution is -2.24. The number of rotatable bonds is 5. The minimum absolute atomic E-state index is 0.0486. The molecule has 1 rings (SSSR count). The summed E-state index contributed by atoms with van der Waals surface area (Å²) in [4.78, 5) is 15.0. The van der Waals surface area contributed by atoms with Gasteiger partial charge in [0.05, 0.1) is 0 Å². The number of amides is 1. The average molecular weight is 228 g/mol. The second-order valence-corrected chi connectivity index (χ2v) is 3.02. The summed E-state index contributed by atoms with van der Waals surface area (Å²) in [6, 6.07) is 2.62. The number of nitrogens with one attached hydrogen (secondary N) is 1. The molecule has 0 aliphatic carbocycles. The van der Waals surface area contributed by atoms with Gasteiger partial charge < -0.3 is 21.1 Å². The highest BCUT2D eigenvalue weighted by molar-refractivity contribution is 5.74. The van der Waals surface area contributed by atoms with Gasteiger partial charge in [-0.2, -0.15) is 5.48 Å². The van der Waals surface area contributed by atoms with E-state index in [0.29, 0.717) is 5.56 Å². The van der Waals surface area contributed by atoms with Gasteiger partial charge in [-0.3, -0.25) is 9.63 Å². The van der Waals surface area contributed by atoms with E-state index in [4.69, 9.17) is 10.8 Å². The molecule has 1 aromatic carbocycles. The van der Waals surface area contributed by atoms with Crippen molar-refractivity contribution in [3.63, 3.8) is 0 Å². The van der Waals surface area contributed by atoms with Crippen LogP contribution in [0.1, 0.15) is 5.56 Å². The third-order valence-corrected chi connectivity index (χ3v) is 1.79. The predicted octanol–water partition coefficient (Wildman–Crippen LogP) is -0.690. The van der Waals surface area contributed by atoms with Gasteiger partial charge in [-0.25, -0.2) is 0 Å². The quantitative estimate of drug-likeness (QED) is 0.258. The molecule has 1 amide bonds. The summed E-state index contributed by atoms with van der Waals surface area (Å²) < 4.78 is 0. The number of hydroxylamine groups is 1. The number of hydrogen-bond acceptors (Lipinski definition) is 6.